The molecule has 0 bridgehead atoms. The lowest BCUT2D eigenvalue weighted by molar-refractivity contribution is -0.136. The second-order valence-corrected chi connectivity index (χ2v) is 7.58. The summed E-state index contributed by atoms with van der Waals surface area (Å²) in [6.45, 7) is 4.36. The van der Waals surface area contributed by atoms with E-state index in [-0.39, 0.29) is 24.5 Å². The third-order valence-electron chi connectivity index (χ3n) is 4.76. The molecule has 2 fully saturated rings. The second-order valence-electron chi connectivity index (χ2n) is 6.74. The standard InChI is InChI=1S/C18H23Cl2N3O3/c1-12(18(25)21-14-3-4-14)22-6-8-23(9-7-22)17(24)11-26-16-5-2-13(19)10-15(16)20/h2,5,10,12,14H,3-4,6-9,11H2,1H3,(H,21,25). The van der Waals surface area contributed by atoms with Gasteiger partial charge in [0.15, 0.2) is 6.61 Å². The average Bonchev–Trinajstić information content (AvgIpc) is 3.44. The first-order valence-electron chi connectivity index (χ1n) is 8.84. The smallest absolute Gasteiger partial charge is 0.260 e. The molecule has 6 nitrogen and oxygen atoms in total. The zero-order chi connectivity index (χ0) is 18.7. The molecule has 1 saturated carbocycles. The summed E-state index contributed by atoms with van der Waals surface area (Å²) in [5, 5.41) is 3.93. The van der Waals surface area contributed by atoms with Gasteiger partial charge in [-0.05, 0) is 38.0 Å². The number of rotatable bonds is 6. The van der Waals surface area contributed by atoms with Gasteiger partial charge in [-0.25, -0.2) is 0 Å². The number of carbonyl (C=O) groups is 2. The van der Waals surface area contributed by atoms with Gasteiger partial charge >= 0.3 is 0 Å². The molecule has 0 aromatic heterocycles. The molecule has 8 heteroatoms. The van der Waals surface area contributed by atoms with Crippen molar-refractivity contribution < 1.29 is 14.3 Å². The van der Waals surface area contributed by atoms with E-state index < -0.39 is 0 Å². The fraction of sp³-hybridized carbons (Fsp3) is 0.556. The summed E-state index contributed by atoms with van der Waals surface area (Å²) in [7, 11) is 0. The Kier molecular flexibility index (Phi) is 6.27. The van der Waals surface area contributed by atoms with Gasteiger partial charge < -0.3 is 15.0 Å². The molecule has 1 aromatic rings. The van der Waals surface area contributed by atoms with Crippen LogP contribution in [0.4, 0.5) is 0 Å². The predicted molar refractivity (Wildman–Crippen MR) is 101 cm³/mol. The molecule has 1 unspecified atom stereocenters. The minimum Gasteiger partial charge on any atom is -0.482 e. The van der Waals surface area contributed by atoms with Crippen LogP contribution in [0.25, 0.3) is 0 Å². The maximum absolute atomic E-state index is 12.3. The number of piperazine rings is 1. The van der Waals surface area contributed by atoms with Crippen molar-refractivity contribution in [1.82, 2.24) is 15.1 Å². The van der Waals surface area contributed by atoms with Crippen LogP contribution in [0.2, 0.25) is 10.0 Å². The molecule has 3 rings (SSSR count). The highest BCUT2D eigenvalue weighted by molar-refractivity contribution is 6.35. The fourth-order valence-corrected chi connectivity index (χ4v) is 3.36. The Labute approximate surface area is 163 Å². The van der Waals surface area contributed by atoms with E-state index in [0.29, 0.717) is 48.0 Å². The number of amides is 2. The number of ether oxygens (including phenoxy) is 1. The molecule has 2 aliphatic rings. The van der Waals surface area contributed by atoms with Crippen LogP contribution in [0.15, 0.2) is 18.2 Å². The number of benzene rings is 1. The summed E-state index contributed by atoms with van der Waals surface area (Å²) in [6, 6.07) is 5.09. The number of hydrogen-bond donors (Lipinski definition) is 1. The van der Waals surface area contributed by atoms with Crippen molar-refractivity contribution in [3.05, 3.63) is 28.2 Å². The Morgan fingerprint density at radius 3 is 2.54 bits per heavy atom. The number of nitrogens with zero attached hydrogens (tertiary/aromatic N) is 2. The number of carbonyl (C=O) groups excluding carboxylic acids is 2. The quantitative estimate of drug-likeness (QED) is 0.796. The van der Waals surface area contributed by atoms with Gasteiger partial charge in [-0.2, -0.15) is 0 Å². The van der Waals surface area contributed by atoms with Crippen molar-refractivity contribution in [2.75, 3.05) is 32.8 Å². The van der Waals surface area contributed by atoms with Crippen LogP contribution >= 0.6 is 23.2 Å². The molecule has 1 aliphatic heterocycles. The topological polar surface area (TPSA) is 61.9 Å². The highest BCUT2D eigenvalue weighted by Crippen LogP contribution is 2.27. The Balaban J connectivity index is 1.43. The first-order valence-corrected chi connectivity index (χ1v) is 9.59. The van der Waals surface area contributed by atoms with Crippen LogP contribution in [0, 0.1) is 0 Å². The Bertz CT molecular complexity index is 674. The SMILES string of the molecule is CC(C(=O)NC1CC1)N1CCN(C(=O)COc2ccc(Cl)cc2Cl)CC1. The largest absolute Gasteiger partial charge is 0.482 e. The van der Waals surface area contributed by atoms with E-state index in [0.717, 1.165) is 12.8 Å². The molecule has 1 saturated heterocycles. The van der Waals surface area contributed by atoms with Crippen molar-refractivity contribution in [2.24, 2.45) is 0 Å². The van der Waals surface area contributed by atoms with Gasteiger partial charge in [-0.3, -0.25) is 14.5 Å². The van der Waals surface area contributed by atoms with E-state index in [1.165, 1.54) is 0 Å². The monoisotopic (exact) mass is 399 g/mol. The molecular formula is C18H23Cl2N3O3. The molecule has 1 aromatic carbocycles. The zero-order valence-electron chi connectivity index (χ0n) is 14.7. The van der Waals surface area contributed by atoms with E-state index in [4.69, 9.17) is 27.9 Å². The molecule has 1 heterocycles. The molecule has 142 valence electrons. The first kappa shape index (κ1) is 19.3. The minimum atomic E-state index is -0.169. The summed E-state index contributed by atoms with van der Waals surface area (Å²) in [5.74, 6) is 0.423. The van der Waals surface area contributed by atoms with Crippen molar-refractivity contribution in [1.29, 1.82) is 0 Å². The third kappa shape index (κ3) is 5.02. The van der Waals surface area contributed by atoms with Gasteiger partial charge in [0.2, 0.25) is 5.91 Å². The number of nitrogens with one attached hydrogen (secondary N) is 1. The summed E-state index contributed by atoms with van der Waals surface area (Å²) in [4.78, 5) is 28.4. The van der Waals surface area contributed by atoms with Crippen LogP contribution in [0.1, 0.15) is 19.8 Å². The average molecular weight is 400 g/mol. The predicted octanol–water partition coefficient (Wildman–Crippen LogP) is 2.18. The lowest BCUT2D eigenvalue weighted by Gasteiger charge is -2.37. The van der Waals surface area contributed by atoms with Gasteiger partial charge in [-0.1, -0.05) is 23.2 Å². The maximum Gasteiger partial charge on any atom is 0.260 e. The molecule has 0 radical (unpaired) electrons. The number of halogens is 2. The minimum absolute atomic E-state index is 0.0704. The summed E-state index contributed by atoms with van der Waals surface area (Å²) in [6.07, 6.45) is 2.16. The lowest BCUT2D eigenvalue weighted by atomic mass is 10.2. The first-order chi connectivity index (χ1) is 12.4. The summed E-state index contributed by atoms with van der Waals surface area (Å²) < 4.78 is 5.51. The highest BCUT2D eigenvalue weighted by atomic mass is 35.5. The van der Waals surface area contributed by atoms with E-state index in [2.05, 4.69) is 10.2 Å². The molecule has 1 N–H and O–H groups in total. The molecule has 2 amide bonds. The van der Waals surface area contributed by atoms with Crippen molar-refractivity contribution >= 4 is 35.0 Å². The summed E-state index contributed by atoms with van der Waals surface area (Å²) in [5.41, 5.74) is 0. The van der Waals surface area contributed by atoms with Crippen molar-refractivity contribution in [2.45, 2.75) is 31.8 Å². The molecule has 1 aliphatic carbocycles. The van der Waals surface area contributed by atoms with Gasteiger partial charge in [-0.15, -0.1) is 0 Å². The normalized spacial score (nSPS) is 19.1. The third-order valence-corrected chi connectivity index (χ3v) is 5.29. The van der Waals surface area contributed by atoms with Crippen LogP contribution in [0.3, 0.4) is 0 Å². The van der Waals surface area contributed by atoms with E-state index in [9.17, 15) is 9.59 Å². The van der Waals surface area contributed by atoms with Crippen LogP contribution in [0.5, 0.6) is 5.75 Å². The van der Waals surface area contributed by atoms with Crippen molar-refractivity contribution in [3.8, 4) is 5.75 Å². The van der Waals surface area contributed by atoms with E-state index in [1.807, 2.05) is 6.92 Å². The fourth-order valence-electron chi connectivity index (χ4n) is 2.90. The Morgan fingerprint density at radius 1 is 1.23 bits per heavy atom. The maximum atomic E-state index is 12.3. The van der Waals surface area contributed by atoms with Crippen molar-refractivity contribution in [3.63, 3.8) is 0 Å². The van der Waals surface area contributed by atoms with E-state index in [1.54, 1.807) is 23.1 Å². The van der Waals surface area contributed by atoms with Crippen LogP contribution < -0.4 is 10.1 Å². The molecule has 0 spiro atoms. The summed E-state index contributed by atoms with van der Waals surface area (Å²) >= 11 is 11.9. The molecule has 26 heavy (non-hydrogen) atoms. The lowest BCUT2D eigenvalue weighted by Crippen LogP contribution is -2.55. The highest BCUT2D eigenvalue weighted by Gasteiger charge is 2.30. The number of hydrogen-bond acceptors (Lipinski definition) is 4. The van der Waals surface area contributed by atoms with Gasteiger partial charge in [0.1, 0.15) is 5.75 Å². The molecule has 1 atom stereocenters. The Morgan fingerprint density at radius 2 is 1.92 bits per heavy atom. The zero-order valence-corrected chi connectivity index (χ0v) is 16.2. The van der Waals surface area contributed by atoms with Gasteiger partial charge in [0, 0.05) is 37.2 Å². The van der Waals surface area contributed by atoms with E-state index >= 15 is 0 Å². The van der Waals surface area contributed by atoms with Crippen LogP contribution in [-0.4, -0.2) is 66.5 Å². The van der Waals surface area contributed by atoms with Gasteiger partial charge in [0.05, 0.1) is 11.1 Å². The molecular weight excluding hydrogens is 377 g/mol. The van der Waals surface area contributed by atoms with Crippen LogP contribution in [-0.2, 0) is 9.59 Å². The Hall–Kier alpha value is -1.50. The second kappa shape index (κ2) is 8.46. The van der Waals surface area contributed by atoms with Gasteiger partial charge in [0.25, 0.3) is 5.91 Å².